The van der Waals surface area contributed by atoms with Crippen molar-refractivity contribution >= 4 is 11.6 Å². The Balaban J connectivity index is 2.22. The zero-order chi connectivity index (χ0) is 11.5. The van der Waals surface area contributed by atoms with E-state index in [1.807, 2.05) is 0 Å². The second kappa shape index (κ2) is 4.68. The lowest BCUT2D eigenvalue weighted by Crippen LogP contribution is -2.38. The standard InChI is InChI=1S/C12H20N4/c1-4-13-11-9(2)12(15-8-14-11)16(3)10-6-5-7-10/h8,10H,4-7H2,1-3H3,(H,13,14,15). The molecule has 16 heavy (non-hydrogen) atoms. The van der Waals surface area contributed by atoms with Crippen molar-refractivity contribution in [3.63, 3.8) is 0 Å². The Labute approximate surface area is 97.1 Å². The van der Waals surface area contributed by atoms with E-state index in [0.717, 1.165) is 23.7 Å². The maximum absolute atomic E-state index is 4.40. The number of aromatic nitrogens is 2. The van der Waals surface area contributed by atoms with Crippen molar-refractivity contribution in [2.24, 2.45) is 0 Å². The molecule has 0 spiro atoms. The van der Waals surface area contributed by atoms with Crippen LogP contribution in [0.4, 0.5) is 11.6 Å². The predicted molar refractivity (Wildman–Crippen MR) is 67.0 cm³/mol. The second-order valence-corrected chi connectivity index (χ2v) is 4.40. The average Bonchev–Trinajstić information content (AvgIpc) is 2.18. The fourth-order valence-corrected chi connectivity index (χ4v) is 2.09. The Kier molecular flexibility index (Phi) is 3.27. The highest BCUT2D eigenvalue weighted by Crippen LogP contribution is 2.30. The Hall–Kier alpha value is -1.32. The molecule has 4 nitrogen and oxygen atoms in total. The van der Waals surface area contributed by atoms with Gasteiger partial charge >= 0.3 is 0 Å². The molecule has 0 unspecified atom stereocenters. The van der Waals surface area contributed by atoms with Gasteiger partial charge in [0.2, 0.25) is 0 Å². The third kappa shape index (κ3) is 1.96. The van der Waals surface area contributed by atoms with E-state index >= 15 is 0 Å². The molecule has 0 aromatic carbocycles. The van der Waals surface area contributed by atoms with Gasteiger partial charge in [-0.25, -0.2) is 9.97 Å². The van der Waals surface area contributed by atoms with Crippen molar-refractivity contribution in [3.05, 3.63) is 11.9 Å². The van der Waals surface area contributed by atoms with E-state index < -0.39 is 0 Å². The van der Waals surface area contributed by atoms with Gasteiger partial charge in [0, 0.05) is 25.2 Å². The van der Waals surface area contributed by atoms with Crippen molar-refractivity contribution in [1.82, 2.24) is 9.97 Å². The minimum absolute atomic E-state index is 0.670. The van der Waals surface area contributed by atoms with Crippen molar-refractivity contribution in [2.75, 3.05) is 23.8 Å². The summed E-state index contributed by atoms with van der Waals surface area (Å²) in [7, 11) is 2.13. The lowest BCUT2D eigenvalue weighted by molar-refractivity contribution is 0.399. The van der Waals surface area contributed by atoms with Gasteiger partial charge in [0.05, 0.1) is 0 Å². The Morgan fingerprint density at radius 3 is 2.75 bits per heavy atom. The molecule has 88 valence electrons. The van der Waals surface area contributed by atoms with Gasteiger partial charge in [-0.15, -0.1) is 0 Å². The molecule has 0 bridgehead atoms. The Morgan fingerprint density at radius 1 is 1.44 bits per heavy atom. The first-order chi connectivity index (χ1) is 7.74. The highest BCUT2D eigenvalue weighted by molar-refractivity contribution is 5.58. The quantitative estimate of drug-likeness (QED) is 0.844. The maximum atomic E-state index is 4.40. The third-order valence-electron chi connectivity index (χ3n) is 3.36. The maximum Gasteiger partial charge on any atom is 0.137 e. The number of nitrogens with zero attached hydrogens (tertiary/aromatic N) is 3. The van der Waals surface area contributed by atoms with Gasteiger partial charge in [-0.3, -0.25) is 0 Å². The highest BCUT2D eigenvalue weighted by Gasteiger charge is 2.24. The summed E-state index contributed by atoms with van der Waals surface area (Å²) in [5.74, 6) is 2.02. The van der Waals surface area contributed by atoms with E-state index in [-0.39, 0.29) is 0 Å². The summed E-state index contributed by atoms with van der Waals surface area (Å²) in [4.78, 5) is 11.0. The lowest BCUT2D eigenvalue weighted by atomic mass is 9.92. The number of hydrogen-bond donors (Lipinski definition) is 1. The lowest BCUT2D eigenvalue weighted by Gasteiger charge is -2.36. The SMILES string of the molecule is CCNc1ncnc(N(C)C2CCC2)c1C. The zero-order valence-corrected chi connectivity index (χ0v) is 10.3. The van der Waals surface area contributed by atoms with Crippen LogP contribution in [0.25, 0.3) is 0 Å². The predicted octanol–water partition coefficient (Wildman–Crippen LogP) is 2.21. The molecule has 4 heteroatoms. The molecule has 1 aromatic heterocycles. The van der Waals surface area contributed by atoms with Crippen LogP contribution in [-0.2, 0) is 0 Å². The first-order valence-electron chi connectivity index (χ1n) is 6.02. The van der Waals surface area contributed by atoms with Crippen LogP contribution in [-0.4, -0.2) is 29.6 Å². The number of rotatable bonds is 4. The number of anilines is 2. The average molecular weight is 220 g/mol. The van der Waals surface area contributed by atoms with Crippen LogP contribution in [0.3, 0.4) is 0 Å². The monoisotopic (exact) mass is 220 g/mol. The molecule has 1 N–H and O–H groups in total. The van der Waals surface area contributed by atoms with Gasteiger partial charge in [-0.1, -0.05) is 0 Å². The Morgan fingerprint density at radius 2 is 2.19 bits per heavy atom. The minimum Gasteiger partial charge on any atom is -0.370 e. The molecule has 2 rings (SSSR count). The molecular formula is C12H20N4. The van der Waals surface area contributed by atoms with E-state index in [0.29, 0.717) is 6.04 Å². The molecule has 1 fully saturated rings. The van der Waals surface area contributed by atoms with E-state index in [9.17, 15) is 0 Å². The van der Waals surface area contributed by atoms with Gasteiger partial charge in [-0.2, -0.15) is 0 Å². The molecular weight excluding hydrogens is 200 g/mol. The van der Waals surface area contributed by atoms with Crippen LogP contribution in [0, 0.1) is 6.92 Å². The van der Waals surface area contributed by atoms with Crippen LogP contribution in [0.15, 0.2) is 6.33 Å². The summed E-state index contributed by atoms with van der Waals surface area (Å²) in [6, 6.07) is 0.670. The summed E-state index contributed by atoms with van der Waals surface area (Å²) in [5.41, 5.74) is 1.15. The van der Waals surface area contributed by atoms with Crippen molar-refractivity contribution in [2.45, 2.75) is 39.2 Å². The first-order valence-corrected chi connectivity index (χ1v) is 6.02. The van der Waals surface area contributed by atoms with Gasteiger partial charge in [0.25, 0.3) is 0 Å². The topological polar surface area (TPSA) is 41.1 Å². The number of hydrogen-bond acceptors (Lipinski definition) is 4. The van der Waals surface area contributed by atoms with Crippen molar-refractivity contribution in [1.29, 1.82) is 0 Å². The summed E-state index contributed by atoms with van der Waals surface area (Å²) >= 11 is 0. The van der Waals surface area contributed by atoms with E-state index in [4.69, 9.17) is 0 Å². The largest absolute Gasteiger partial charge is 0.370 e. The first kappa shape index (κ1) is 11.2. The second-order valence-electron chi connectivity index (χ2n) is 4.40. The van der Waals surface area contributed by atoms with Gasteiger partial charge < -0.3 is 10.2 Å². The van der Waals surface area contributed by atoms with Crippen LogP contribution < -0.4 is 10.2 Å². The minimum atomic E-state index is 0.670. The number of nitrogens with one attached hydrogen (secondary N) is 1. The molecule has 0 saturated heterocycles. The highest BCUT2D eigenvalue weighted by atomic mass is 15.2. The van der Waals surface area contributed by atoms with Gasteiger partial charge in [-0.05, 0) is 33.1 Å². The molecule has 1 aliphatic rings. The van der Waals surface area contributed by atoms with E-state index in [2.05, 4.69) is 41.1 Å². The molecule has 1 heterocycles. The van der Waals surface area contributed by atoms with Crippen LogP contribution in [0.2, 0.25) is 0 Å². The normalized spacial score (nSPS) is 15.7. The summed E-state index contributed by atoms with van der Waals surface area (Å²) < 4.78 is 0. The molecule has 1 aromatic rings. The van der Waals surface area contributed by atoms with Crippen LogP contribution in [0.5, 0.6) is 0 Å². The molecule has 0 atom stereocenters. The Bertz CT molecular complexity index is 360. The molecule has 0 aliphatic heterocycles. The summed E-state index contributed by atoms with van der Waals surface area (Å²) in [6.07, 6.45) is 5.57. The molecule has 0 amide bonds. The van der Waals surface area contributed by atoms with E-state index in [1.165, 1.54) is 19.3 Å². The van der Waals surface area contributed by atoms with Crippen molar-refractivity contribution < 1.29 is 0 Å². The summed E-state index contributed by atoms with van der Waals surface area (Å²) in [5, 5.41) is 3.27. The van der Waals surface area contributed by atoms with E-state index in [1.54, 1.807) is 6.33 Å². The molecule has 0 radical (unpaired) electrons. The summed E-state index contributed by atoms with van der Waals surface area (Å²) in [6.45, 7) is 5.06. The van der Waals surface area contributed by atoms with Crippen LogP contribution >= 0.6 is 0 Å². The fraction of sp³-hybridized carbons (Fsp3) is 0.667. The van der Waals surface area contributed by atoms with Gasteiger partial charge in [0.1, 0.15) is 18.0 Å². The smallest absolute Gasteiger partial charge is 0.137 e. The fourth-order valence-electron chi connectivity index (χ4n) is 2.09. The van der Waals surface area contributed by atoms with Crippen LogP contribution in [0.1, 0.15) is 31.7 Å². The zero-order valence-electron chi connectivity index (χ0n) is 10.3. The third-order valence-corrected chi connectivity index (χ3v) is 3.36. The van der Waals surface area contributed by atoms with Gasteiger partial charge in [0.15, 0.2) is 0 Å². The van der Waals surface area contributed by atoms with Crippen molar-refractivity contribution in [3.8, 4) is 0 Å². The molecule has 1 aliphatic carbocycles. The molecule has 1 saturated carbocycles.